The molecule has 0 fully saturated rings. The summed E-state index contributed by atoms with van der Waals surface area (Å²) in [4.78, 5) is 0. The first kappa shape index (κ1) is 36.0. The smallest absolute Gasteiger partial charge is 0.287 e. The second kappa shape index (κ2) is 30.8. The maximum Gasteiger partial charge on any atom is 0.474 e. The lowest BCUT2D eigenvalue weighted by atomic mass is 10.1. The van der Waals surface area contributed by atoms with Crippen LogP contribution in [-0.4, -0.2) is 32.3 Å². The van der Waals surface area contributed by atoms with Crippen molar-refractivity contribution < 1.29 is 18.1 Å². The fourth-order valence-electron chi connectivity index (χ4n) is 3.29. The molecule has 0 rings (SSSR count). The van der Waals surface area contributed by atoms with Crippen LogP contribution in [-0.2, 0) is 18.1 Å². The molecule has 0 aromatic carbocycles. The predicted molar refractivity (Wildman–Crippen MR) is 153 cm³/mol. The summed E-state index contributed by atoms with van der Waals surface area (Å²) < 4.78 is 29.9. The van der Waals surface area contributed by atoms with Gasteiger partial charge in [-0.2, -0.15) is 0 Å². The number of rotatable bonds is 25. The summed E-state index contributed by atoms with van der Waals surface area (Å²) in [6.45, 7) is 8.08. The van der Waals surface area contributed by atoms with E-state index in [-0.39, 0.29) is 0 Å². The van der Waals surface area contributed by atoms with Crippen molar-refractivity contribution in [3.8, 4) is 0 Å². The Balaban J connectivity index is 0. The minimum Gasteiger partial charge on any atom is -0.287 e. The summed E-state index contributed by atoms with van der Waals surface area (Å²) in [6.07, 6.45) is 25.4. The summed E-state index contributed by atoms with van der Waals surface area (Å²) in [5.74, 6) is 0. The molecule has 0 amide bonds. The molecule has 0 bridgehead atoms. The molecule has 0 spiro atoms. The van der Waals surface area contributed by atoms with Gasteiger partial charge in [-0.25, -0.2) is 4.57 Å². The molecule has 0 aliphatic carbocycles. The maximum absolute atomic E-state index is 13.0. The van der Waals surface area contributed by atoms with E-state index in [1.807, 2.05) is 0 Å². The van der Waals surface area contributed by atoms with Crippen LogP contribution in [0, 0.1) is 0 Å². The molecular weight excluding hydrogens is 471 g/mol. The van der Waals surface area contributed by atoms with Crippen molar-refractivity contribution in [3.63, 3.8) is 0 Å². The SMILES string of the molecule is CCCCCCCCOP(=O)(OCCCCCCCC)OCCCCCCCC.CSSC. The van der Waals surface area contributed by atoms with Gasteiger partial charge in [0, 0.05) is 0 Å². The van der Waals surface area contributed by atoms with Gasteiger partial charge in [0.25, 0.3) is 0 Å². The molecule has 0 aliphatic heterocycles. The van der Waals surface area contributed by atoms with Crippen molar-refractivity contribution in [1.29, 1.82) is 0 Å². The zero-order chi connectivity index (χ0) is 24.9. The normalized spacial score (nSPS) is 11.4. The lowest BCUT2D eigenvalue weighted by Crippen LogP contribution is -2.04. The molecule has 0 aromatic rings. The predicted octanol–water partition coefficient (Wildman–Crippen LogP) is 10.9. The molecule has 0 saturated carbocycles. The summed E-state index contributed by atoms with van der Waals surface area (Å²) >= 11 is 0. The standard InChI is InChI=1S/C24H51O4P.C2H6S2/c1-4-7-10-13-16-19-22-26-29(25,27-23-20-17-14-11-8-5-2)28-24-21-18-15-12-9-6-3;1-3-4-2/h4-24H2,1-3H3;1-2H3. The number of hydrogen-bond donors (Lipinski definition) is 0. The lowest BCUT2D eigenvalue weighted by Gasteiger charge is -2.18. The van der Waals surface area contributed by atoms with Crippen LogP contribution in [0.4, 0.5) is 0 Å². The van der Waals surface area contributed by atoms with Crippen LogP contribution in [0.1, 0.15) is 136 Å². The molecule has 0 N–H and O–H groups in total. The Morgan fingerprint density at radius 1 is 0.455 bits per heavy atom. The Hall–Kier alpha value is 0.810. The molecule has 4 nitrogen and oxygen atoms in total. The summed E-state index contributed by atoms with van der Waals surface area (Å²) in [7, 11) is 0.143. The van der Waals surface area contributed by atoms with Gasteiger partial charge in [0.05, 0.1) is 19.8 Å². The third kappa shape index (κ3) is 30.8. The van der Waals surface area contributed by atoms with E-state index >= 15 is 0 Å². The van der Waals surface area contributed by atoms with E-state index in [1.165, 1.54) is 77.0 Å². The van der Waals surface area contributed by atoms with Gasteiger partial charge in [-0.1, -0.05) is 139 Å². The Labute approximate surface area is 215 Å². The van der Waals surface area contributed by atoms with E-state index in [0.29, 0.717) is 19.8 Å². The van der Waals surface area contributed by atoms with Crippen molar-refractivity contribution >= 4 is 29.4 Å². The van der Waals surface area contributed by atoms with E-state index in [9.17, 15) is 4.57 Å². The van der Waals surface area contributed by atoms with E-state index in [2.05, 4.69) is 33.3 Å². The first-order valence-electron chi connectivity index (χ1n) is 13.7. The topological polar surface area (TPSA) is 44.8 Å². The van der Waals surface area contributed by atoms with Gasteiger partial charge in [-0.05, 0) is 31.8 Å². The fourth-order valence-corrected chi connectivity index (χ4v) is 4.57. The van der Waals surface area contributed by atoms with Crippen molar-refractivity contribution in [2.75, 3.05) is 32.3 Å². The van der Waals surface area contributed by atoms with Gasteiger partial charge in [-0.15, -0.1) is 0 Å². The van der Waals surface area contributed by atoms with Gasteiger partial charge in [0.2, 0.25) is 0 Å². The van der Waals surface area contributed by atoms with Crippen molar-refractivity contribution in [2.24, 2.45) is 0 Å². The highest BCUT2D eigenvalue weighted by molar-refractivity contribution is 8.76. The van der Waals surface area contributed by atoms with Crippen LogP contribution >= 0.6 is 29.4 Å². The fraction of sp³-hybridized carbons (Fsp3) is 1.00. The maximum atomic E-state index is 13.0. The van der Waals surface area contributed by atoms with Crippen molar-refractivity contribution in [2.45, 2.75) is 136 Å². The molecular formula is C26H57O4PS2. The van der Waals surface area contributed by atoms with Gasteiger partial charge >= 0.3 is 7.82 Å². The average molecular weight is 529 g/mol. The van der Waals surface area contributed by atoms with E-state index in [1.54, 1.807) is 21.6 Å². The Morgan fingerprint density at radius 2 is 0.697 bits per heavy atom. The molecule has 0 aromatic heterocycles. The summed E-state index contributed by atoms with van der Waals surface area (Å²) in [6, 6.07) is 0. The Morgan fingerprint density at radius 3 is 0.939 bits per heavy atom. The lowest BCUT2D eigenvalue weighted by molar-refractivity contribution is 0.108. The highest BCUT2D eigenvalue weighted by atomic mass is 33.1. The first-order chi connectivity index (χ1) is 16.1. The van der Waals surface area contributed by atoms with Crippen LogP contribution in [0.5, 0.6) is 0 Å². The number of hydrogen-bond acceptors (Lipinski definition) is 6. The molecule has 33 heavy (non-hydrogen) atoms. The molecule has 202 valence electrons. The monoisotopic (exact) mass is 528 g/mol. The Bertz CT molecular complexity index is 346. The van der Waals surface area contributed by atoms with Crippen LogP contribution in [0.15, 0.2) is 0 Å². The number of unbranched alkanes of at least 4 members (excludes halogenated alkanes) is 15. The van der Waals surface area contributed by atoms with Crippen LogP contribution in [0.3, 0.4) is 0 Å². The quantitative estimate of drug-likeness (QED) is 0.0667. The Kier molecular flexibility index (Phi) is 33.6. The third-order valence-corrected chi connectivity index (χ3v) is 8.24. The first-order valence-corrected chi connectivity index (χ1v) is 18.1. The van der Waals surface area contributed by atoms with Gasteiger partial charge in [-0.3, -0.25) is 13.6 Å². The van der Waals surface area contributed by atoms with Crippen LogP contribution < -0.4 is 0 Å². The van der Waals surface area contributed by atoms with Crippen molar-refractivity contribution in [1.82, 2.24) is 0 Å². The third-order valence-electron chi connectivity index (χ3n) is 5.41. The molecule has 0 atom stereocenters. The van der Waals surface area contributed by atoms with Crippen LogP contribution in [0.2, 0.25) is 0 Å². The summed E-state index contributed by atoms with van der Waals surface area (Å²) in [5, 5.41) is 0. The number of phosphoric acid groups is 1. The van der Waals surface area contributed by atoms with Gasteiger partial charge in [0.15, 0.2) is 0 Å². The minimum atomic E-state index is -3.40. The molecule has 0 radical (unpaired) electrons. The highest BCUT2D eigenvalue weighted by Gasteiger charge is 2.26. The minimum absolute atomic E-state index is 0.469. The van der Waals surface area contributed by atoms with Gasteiger partial charge in [0.1, 0.15) is 0 Å². The zero-order valence-electron chi connectivity index (χ0n) is 22.7. The molecule has 0 heterocycles. The molecule has 7 heteroatoms. The number of phosphoric ester groups is 1. The van der Waals surface area contributed by atoms with Crippen LogP contribution in [0.25, 0.3) is 0 Å². The second-order valence-electron chi connectivity index (χ2n) is 8.58. The van der Waals surface area contributed by atoms with Crippen molar-refractivity contribution in [3.05, 3.63) is 0 Å². The molecule has 0 saturated heterocycles. The highest BCUT2D eigenvalue weighted by Crippen LogP contribution is 2.50. The molecule has 0 aliphatic rings. The average Bonchev–Trinajstić information content (AvgIpc) is 2.82. The summed E-state index contributed by atoms with van der Waals surface area (Å²) in [5.41, 5.74) is 0. The molecule has 0 unspecified atom stereocenters. The second-order valence-corrected chi connectivity index (χ2v) is 12.9. The largest absolute Gasteiger partial charge is 0.474 e. The van der Waals surface area contributed by atoms with E-state index in [4.69, 9.17) is 13.6 Å². The zero-order valence-corrected chi connectivity index (χ0v) is 25.3. The van der Waals surface area contributed by atoms with E-state index < -0.39 is 7.82 Å². The van der Waals surface area contributed by atoms with Gasteiger partial charge < -0.3 is 0 Å². The van der Waals surface area contributed by atoms with E-state index in [0.717, 1.165) is 38.5 Å².